The number of aromatic hydroxyl groups is 1. The van der Waals surface area contributed by atoms with Crippen molar-refractivity contribution in [3.8, 4) is 5.75 Å². The van der Waals surface area contributed by atoms with Gasteiger partial charge < -0.3 is 19.7 Å². The molecule has 6 heteroatoms. The highest BCUT2D eigenvalue weighted by Crippen LogP contribution is 2.56. The zero-order valence-corrected chi connectivity index (χ0v) is 18.3. The van der Waals surface area contributed by atoms with Crippen LogP contribution in [0.1, 0.15) is 43.2 Å². The molecule has 1 aromatic carbocycles. The first-order valence-electron chi connectivity index (χ1n) is 12.0. The number of rotatable bonds is 5. The summed E-state index contributed by atoms with van der Waals surface area (Å²) in [7, 11) is 0. The Bertz CT molecular complexity index is 943. The summed E-state index contributed by atoms with van der Waals surface area (Å²) in [5.41, 5.74) is 1.56. The average molecular weight is 423 g/mol. The molecule has 1 aromatic heterocycles. The van der Waals surface area contributed by atoms with Crippen LogP contribution in [0.4, 0.5) is 0 Å². The van der Waals surface area contributed by atoms with E-state index in [9.17, 15) is 10.2 Å². The van der Waals surface area contributed by atoms with Crippen molar-refractivity contribution < 1.29 is 10.2 Å². The molecule has 6 rings (SSSR count). The second-order valence-electron chi connectivity index (χ2n) is 10.4. The van der Waals surface area contributed by atoms with Gasteiger partial charge in [0.15, 0.2) is 0 Å². The van der Waals surface area contributed by atoms with Crippen LogP contribution in [0, 0.1) is 5.92 Å². The van der Waals surface area contributed by atoms with Gasteiger partial charge in [-0.1, -0.05) is 6.07 Å². The van der Waals surface area contributed by atoms with Crippen molar-refractivity contribution in [2.24, 2.45) is 5.92 Å². The predicted molar refractivity (Wildman–Crippen MR) is 119 cm³/mol. The number of hydrogen-bond donors (Lipinski definition) is 2. The molecule has 2 N–H and O–H groups in total. The van der Waals surface area contributed by atoms with E-state index in [-0.39, 0.29) is 11.5 Å². The smallest absolute Gasteiger partial charge is 0.115 e. The standard InChI is InChI=1S/C25H34N4O2/c30-21-4-3-20-15-23-25(31)7-10-27(13-14-28-12-8-26-18-28)9-5-24(25,22(20)16-21)6-11-29(23)17-19-1-2-19/h3-4,8,12,16,18-19,23,30-31H,1-2,5-7,9-11,13-15,17H2. The van der Waals surface area contributed by atoms with Gasteiger partial charge in [-0.15, -0.1) is 0 Å². The van der Waals surface area contributed by atoms with Crippen molar-refractivity contribution in [2.45, 2.75) is 62.1 Å². The number of phenolic OH excluding ortho intramolecular Hbond substituents is 1. The fourth-order valence-electron chi connectivity index (χ4n) is 6.81. The molecule has 0 amide bonds. The number of benzene rings is 1. The third kappa shape index (κ3) is 3.22. The summed E-state index contributed by atoms with van der Waals surface area (Å²) in [6.45, 7) is 6.02. The van der Waals surface area contributed by atoms with Crippen molar-refractivity contribution >= 4 is 0 Å². The van der Waals surface area contributed by atoms with Crippen molar-refractivity contribution in [3.05, 3.63) is 48.0 Å². The second-order valence-corrected chi connectivity index (χ2v) is 10.4. The summed E-state index contributed by atoms with van der Waals surface area (Å²) in [5, 5.41) is 22.8. The minimum atomic E-state index is -0.731. The van der Waals surface area contributed by atoms with Gasteiger partial charge in [0.05, 0.1) is 11.9 Å². The van der Waals surface area contributed by atoms with Gasteiger partial charge in [0.1, 0.15) is 5.75 Å². The molecular weight excluding hydrogens is 388 g/mol. The van der Waals surface area contributed by atoms with E-state index < -0.39 is 5.60 Å². The lowest BCUT2D eigenvalue weighted by atomic mass is 9.52. The molecule has 4 aliphatic rings. The minimum Gasteiger partial charge on any atom is -0.508 e. The molecule has 6 nitrogen and oxygen atoms in total. The van der Waals surface area contributed by atoms with Crippen LogP contribution in [0.5, 0.6) is 5.75 Å². The first-order chi connectivity index (χ1) is 15.1. The lowest BCUT2D eigenvalue weighted by Crippen LogP contribution is -2.71. The normalized spacial score (nSPS) is 33.5. The highest BCUT2D eigenvalue weighted by atomic mass is 16.3. The Balaban J connectivity index is 1.33. The largest absolute Gasteiger partial charge is 0.508 e. The molecule has 3 heterocycles. The number of aliphatic hydroxyl groups is 1. The molecular formula is C25H34N4O2. The summed E-state index contributed by atoms with van der Waals surface area (Å²) < 4.78 is 2.13. The van der Waals surface area contributed by atoms with Crippen molar-refractivity contribution in [1.82, 2.24) is 19.4 Å². The Hall–Kier alpha value is -1.89. The van der Waals surface area contributed by atoms with Gasteiger partial charge in [-0.2, -0.15) is 0 Å². The average Bonchev–Trinajstić information content (AvgIpc) is 3.46. The number of nitrogens with zero attached hydrogens (tertiary/aromatic N) is 4. The summed E-state index contributed by atoms with van der Waals surface area (Å²) in [5.74, 6) is 1.16. The van der Waals surface area contributed by atoms with E-state index >= 15 is 0 Å². The van der Waals surface area contributed by atoms with E-state index in [1.807, 2.05) is 30.9 Å². The maximum Gasteiger partial charge on any atom is 0.115 e. The fraction of sp³-hybridized carbons (Fsp3) is 0.640. The van der Waals surface area contributed by atoms with Gasteiger partial charge >= 0.3 is 0 Å². The second kappa shape index (κ2) is 7.32. The van der Waals surface area contributed by atoms with Crippen LogP contribution in [0.15, 0.2) is 36.9 Å². The molecule has 2 saturated heterocycles. The fourth-order valence-corrected chi connectivity index (χ4v) is 6.81. The maximum absolute atomic E-state index is 12.5. The lowest BCUT2D eigenvalue weighted by molar-refractivity contribution is -0.149. The van der Waals surface area contributed by atoms with E-state index in [4.69, 9.17) is 0 Å². The van der Waals surface area contributed by atoms with Crippen molar-refractivity contribution in [1.29, 1.82) is 0 Å². The molecule has 0 radical (unpaired) electrons. The SMILES string of the molecule is Oc1ccc2c(c1)C13CCN(CCn4ccnc4)CCC1(O)C(C2)N(CC1CC1)CC3. The number of fused-ring (bicyclic) bond motifs is 1. The van der Waals surface area contributed by atoms with Crippen LogP contribution in [0.25, 0.3) is 0 Å². The van der Waals surface area contributed by atoms with Crippen molar-refractivity contribution in [2.75, 3.05) is 32.7 Å². The first-order valence-corrected chi connectivity index (χ1v) is 12.0. The van der Waals surface area contributed by atoms with Gasteiger partial charge in [0, 0.05) is 50.0 Å². The molecule has 2 bridgehead atoms. The molecule has 1 saturated carbocycles. The number of aromatic nitrogens is 2. The quantitative estimate of drug-likeness (QED) is 0.775. The summed E-state index contributed by atoms with van der Waals surface area (Å²) in [4.78, 5) is 9.30. The van der Waals surface area contributed by atoms with E-state index in [1.54, 1.807) is 0 Å². The molecule has 166 valence electrons. The first kappa shape index (κ1) is 19.8. The van der Waals surface area contributed by atoms with Crippen LogP contribution in [-0.4, -0.2) is 73.9 Å². The third-order valence-corrected chi connectivity index (χ3v) is 8.76. The topological polar surface area (TPSA) is 64.8 Å². The van der Waals surface area contributed by atoms with Crippen molar-refractivity contribution in [3.63, 3.8) is 0 Å². The number of piperidine rings is 1. The van der Waals surface area contributed by atoms with E-state index in [0.29, 0.717) is 5.75 Å². The Morgan fingerprint density at radius 2 is 1.90 bits per heavy atom. The van der Waals surface area contributed by atoms with Gasteiger partial charge in [-0.05, 0) is 80.8 Å². The zero-order chi connectivity index (χ0) is 21.1. The Morgan fingerprint density at radius 1 is 1.06 bits per heavy atom. The number of hydrogen-bond acceptors (Lipinski definition) is 5. The highest BCUT2D eigenvalue weighted by Gasteiger charge is 2.63. The van der Waals surface area contributed by atoms with Crippen LogP contribution in [0.2, 0.25) is 0 Å². The van der Waals surface area contributed by atoms with Crippen LogP contribution in [0.3, 0.4) is 0 Å². The molecule has 3 unspecified atom stereocenters. The predicted octanol–water partition coefficient (Wildman–Crippen LogP) is 2.39. The molecule has 2 aliphatic carbocycles. The Morgan fingerprint density at radius 3 is 2.71 bits per heavy atom. The monoisotopic (exact) mass is 422 g/mol. The highest BCUT2D eigenvalue weighted by molar-refractivity contribution is 5.48. The number of phenols is 1. The Kier molecular flexibility index (Phi) is 4.67. The van der Waals surface area contributed by atoms with Gasteiger partial charge in [0.25, 0.3) is 0 Å². The third-order valence-electron chi connectivity index (χ3n) is 8.76. The minimum absolute atomic E-state index is 0.187. The molecule has 2 aromatic rings. The number of imidazole rings is 1. The number of likely N-dealkylation sites (tertiary alicyclic amines) is 2. The molecule has 3 fully saturated rings. The van der Waals surface area contributed by atoms with Crippen LogP contribution >= 0.6 is 0 Å². The van der Waals surface area contributed by atoms with Gasteiger partial charge in [0.2, 0.25) is 0 Å². The summed E-state index contributed by atoms with van der Waals surface area (Å²) in [6, 6.07) is 6.09. The maximum atomic E-state index is 12.5. The molecule has 0 spiro atoms. The summed E-state index contributed by atoms with van der Waals surface area (Å²) in [6.07, 6.45) is 12.1. The van der Waals surface area contributed by atoms with Gasteiger partial charge in [-0.25, -0.2) is 4.98 Å². The van der Waals surface area contributed by atoms with Crippen LogP contribution in [-0.2, 0) is 18.4 Å². The molecule has 3 atom stereocenters. The lowest BCUT2D eigenvalue weighted by Gasteiger charge is -2.61. The van der Waals surface area contributed by atoms with Gasteiger partial charge in [-0.3, -0.25) is 4.90 Å². The van der Waals surface area contributed by atoms with Crippen LogP contribution < -0.4 is 0 Å². The molecule has 2 aliphatic heterocycles. The van der Waals surface area contributed by atoms with E-state index in [1.165, 1.54) is 24.0 Å². The summed E-state index contributed by atoms with van der Waals surface area (Å²) >= 11 is 0. The van der Waals surface area contributed by atoms with E-state index in [2.05, 4.69) is 25.4 Å². The molecule has 31 heavy (non-hydrogen) atoms. The Labute approximate surface area is 184 Å². The van der Waals surface area contributed by atoms with E-state index in [0.717, 1.165) is 70.9 Å². The zero-order valence-electron chi connectivity index (χ0n) is 18.3.